The van der Waals surface area contributed by atoms with E-state index in [9.17, 15) is 4.79 Å². The third-order valence-corrected chi connectivity index (χ3v) is 5.64. The van der Waals surface area contributed by atoms with E-state index >= 15 is 0 Å². The van der Waals surface area contributed by atoms with Crippen LogP contribution in [0.15, 0.2) is 29.6 Å². The number of aliphatic carboxylic acids is 1. The smallest absolute Gasteiger partial charge is 0.305 e. The Kier molecular flexibility index (Phi) is 4.46. The molecule has 0 spiro atoms. The summed E-state index contributed by atoms with van der Waals surface area (Å²) in [4.78, 5) is 26.1. The number of carbonyl (C=O) groups is 1. The van der Waals surface area contributed by atoms with Crippen LogP contribution in [0.1, 0.15) is 28.8 Å². The van der Waals surface area contributed by atoms with Gasteiger partial charge in [-0.05, 0) is 49.6 Å². The van der Waals surface area contributed by atoms with Crippen molar-refractivity contribution in [2.45, 2.75) is 33.7 Å². The highest BCUT2D eigenvalue weighted by atomic mass is 16.5. The van der Waals surface area contributed by atoms with Crippen LogP contribution in [0.5, 0.6) is 5.88 Å². The Morgan fingerprint density at radius 1 is 1.16 bits per heavy atom. The molecule has 0 aliphatic carbocycles. The molecule has 5 rings (SSSR count). The molecule has 0 fully saturated rings. The number of hydrogen-bond donors (Lipinski definition) is 1. The molecule has 1 N–H and O–H groups in total. The fourth-order valence-corrected chi connectivity index (χ4v) is 4.25. The lowest BCUT2D eigenvalue weighted by Gasteiger charge is -2.29. The van der Waals surface area contributed by atoms with Gasteiger partial charge in [0.15, 0.2) is 11.7 Å². The van der Waals surface area contributed by atoms with E-state index in [1.54, 1.807) is 4.68 Å². The normalized spacial score (nSPS) is 14.3. The monoisotopic (exact) mass is 418 g/mol. The zero-order valence-electron chi connectivity index (χ0n) is 17.6. The Hall–Kier alpha value is -3.75. The molecule has 0 atom stereocenters. The maximum absolute atomic E-state index is 10.9. The van der Waals surface area contributed by atoms with Crippen molar-refractivity contribution in [1.29, 1.82) is 0 Å². The Morgan fingerprint density at radius 3 is 2.68 bits per heavy atom. The summed E-state index contributed by atoms with van der Waals surface area (Å²) in [6.45, 7) is 7.64. The maximum atomic E-state index is 10.9. The zero-order chi connectivity index (χ0) is 21.7. The Bertz CT molecular complexity index is 1220. The van der Waals surface area contributed by atoms with Crippen molar-refractivity contribution in [2.24, 2.45) is 4.99 Å². The van der Waals surface area contributed by atoms with Gasteiger partial charge < -0.3 is 14.7 Å². The van der Waals surface area contributed by atoms with Gasteiger partial charge in [-0.2, -0.15) is 5.10 Å². The molecule has 0 amide bonds. The molecule has 2 aliphatic heterocycles. The molecule has 0 radical (unpaired) electrons. The predicted octanol–water partition coefficient (Wildman–Crippen LogP) is 3.03. The fourth-order valence-electron chi connectivity index (χ4n) is 4.25. The third-order valence-electron chi connectivity index (χ3n) is 5.64. The van der Waals surface area contributed by atoms with Crippen molar-refractivity contribution in [3.05, 3.63) is 47.0 Å². The van der Waals surface area contributed by atoms with Crippen LogP contribution in [0.4, 0.5) is 11.5 Å². The number of nitrogens with zero attached hydrogens (tertiary/aromatic N) is 6. The number of aliphatic imine (C=N–C) groups is 1. The Morgan fingerprint density at radius 2 is 1.94 bits per heavy atom. The molecule has 1 aromatic carbocycles. The van der Waals surface area contributed by atoms with Crippen molar-refractivity contribution in [3.63, 3.8) is 0 Å². The van der Waals surface area contributed by atoms with Crippen LogP contribution in [0.3, 0.4) is 0 Å². The summed E-state index contributed by atoms with van der Waals surface area (Å²) < 4.78 is 7.50. The number of hydrogen-bond acceptors (Lipinski definition) is 7. The summed E-state index contributed by atoms with van der Waals surface area (Å²) in [5.41, 5.74) is 7.17. The van der Waals surface area contributed by atoms with Gasteiger partial charge in [0.2, 0.25) is 5.88 Å². The summed E-state index contributed by atoms with van der Waals surface area (Å²) in [5.74, 6) is 1.27. The molecule has 9 heteroatoms. The molecule has 2 aliphatic rings. The molecule has 0 saturated heterocycles. The van der Waals surface area contributed by atoms with Crippen LogP contribution in [-0.2, 0) is 11.3 Å². The number of carboxylic acid groups (broad SMARTS) is 1. The highest BCUT2D eigenvalue weighted by molar-refractivity contribution is 6.20. The first-order chi connectivity index (χ1) is 14.9. The molecule has 3 aromatic rings. The largest absolute Gasteiger partial charge is 0.481 e. The van der Waals surface area contributed by atoms with E-state index < -0.39 is 5.97 Å². The minimum absolute atomic E-state index is 0.0454. The van der Waals surface area contributed by atoms with Crippen LogP contribution in [-0.4, -0.2) is 49.8 Å². The molecule has 4 heterocycles. The van der Waals surface area contributed by atoms with E-state index in [4.69, 9.17) is 9.84 Å². The van der Waals surface area contributed by atoms with E-state index in [0.29, 0.717) is 31.4 Å². The second kappa shape index (κ2) is 7.19. The molecule has 9 nitrogen and oxygen atoms in total. The van der Waals surface area contributed by atoms with Crippen LogP contribution in [0.25, 0.3) is 11.1 Å². The summed E-state index contributed by atoms with van der Waals surface area (Å²) in [5, 5.41) is 13.4. The van der Waals surface area contributed by atoms with E-state index in [2.05, 4.69) is 50.9 Å². The van der Waals surface area contributed by atoms with Crippen molar-refractivity contribution in [1.82, 2.24) is 19.7 Å². The van der Waals surface area contributed by atoms with Crippen molar-refractivity contribution < 1.29 is 14.6 Å². The van der Waals surface area contributed by atoms with Crippen LogP contribution in [0, 0.1) is 20.8 Å². The number of aromatic nitrogens is 4. The van der Waals surface area contributed by atoms with Gasteiger partial charge >= 0.3 is 5.97 Å². The standard InChI is InChI=1S/C22H22N6O3/c1-12-8-15(28-6-7-31-22-19-20(23-11-24-22)25-21(19)28)9-13(2)18(12)16-10-27(26-14(16)3)5-4-17(29)30/h8-11H,4-7H2,1-3H3,(H,29,30). The van der Waals surface area contributed by atoms with Gasteiger partial charge in [-0.3, -0.25) is 9.48 Å². The first-order valence-corrected chi connectivity index (χ1v) is 10.1. The topological polar surface area (TPSA) is 106 Å². The van der Waals surface area contributed by atoms with Crippen molar-refractivity contribution in [2.75, 3.05) is 18.1 Å². The lowest BCUT2D eigenvalue weighted by atomic mass is 9.95. The Labute approximate surface area is 179 Å². The number of carboxylic acids is 1. The fraction of sp³-hybridized carbons (Fsp3) is 0.318. The van der Waals surface area contributed by atoms with Gasteiger partial charge in [0.1, 0.15) is 18.5 Å². The van der Waals surface area contributed by atoms with E-state index in [-0.39, 0.29) is 6.42 Å². The quantitative estimate of drug-likeness (QED) is 0.679. The van der Waals surface area contributed by atoms with Crippen molar-refractivity contribution in [3.8, 4) is 17.0 Å². The van der Waals surface area contributed by atoms with Gasteiger partial charge in [-0.15, -0.1) is 0 Å². The molecule has 31 heavy (non-hydrogen) atoms. The third kappa shape index (κ3) is 3.22. The summed E-state index contributed by atoms with van der Waals surface area (Å²) >= 11 is 0. The molecule has 0 bridgehead atoms. The lowest BCUT2D eigenvalue weighted by Crippen LogP contribution is -2.36. The van der Waals surface area contributed by atoms with Gasteiger partial charge in [0, 0.05) is 17.4 Å². The van der Waals surface area contributed by atoms with Crippen LogP contribution < -0.4 is 9.64 Å². The summed E-state index contributed by atoms with van der Waals surface area (Å²) in [6, 6.07) is 4.29. The molecule has 0 saturated carbocycles. The van der Waals surface area contributed by atoms with Crippen LogP contribution >= 0.6 is 0 Å². The van der Waals surface area contributed by atoms with E-state index in [1.165, 1.54) is 6.33 Å². The average molecular weight is 418 g/mol. The highest BCUT2D eigenvalue weighted by Gasteiger charge is 2.34. The second-order valence-corrected chi connectivity index (χ2v) is 7.80. The predicted molar refractivity (Wildman–Crippen MR) is 115 cm³/mol. The molecule has 158 valence electrons. The first kappa shape index (κ1) is 19.2. The SMILES string of the molecule is Cc1cc(N2CCOc3ncnc4c3C2=N4)cc(C)c1-c1cn(CCC(=O)O)nc1C. The van der Waals surface area contributed by atoms with Gasteiger partial charge in [0.05, 0.1) is 25.2 Å². The summed E-state index contributed by atoms with van der Waals surface area (Å²) in [7, 11) is 0. The summed E-state index contributed by atoms with van der Waals surface area (Å²) in [6.07, 6.45) is 3.46. The van der Waals surface area contributed by atoms with Crippen molar-refractivity contribution >= 4 is 23.3 Å². The molecule has 0 unspecified atom stereocenters. The first-order valence-electron chi connectivity index (χ1n) is 10.1. The zero-order valence-corrected chi connectivity index (χ0v) is 17.6. The number of rotatable bonds is 5. The number of aryl methyl sites for hydroxylation is 4. The molecular formula is C22H22N6O3. The maximum Gasteiger partial charge on any atom is 0.305 e. The minimum atomic E-state index is -0.832. The van der Waals surface area contributed by atoms with E-state index in [0.717, 1.165) is 45.0 Å². The number of benzene rings is 1. The minimum Gasteiger partial charge on any atom is -0.481 e. The second-order valence-electron chi connectivity index (χ2n) is 7.80. The number of ether oxygens (including phenoxy) is 1. The average Bonchev–Trinajstić information content (AvgIpc) is 2.95. The number of amidine groups is 1. The Balaban J connectivity index is 1.49. The highest BCUT2D eigenvalue weighted by Crippen LogP contribution is 2.39. The molecular weight excluding hydrogens is 396 g/mol. The molecule has 2 aromatic heterocycles. The van der Waals surface area contributed by atoms with Crippen LogP contribution in [0.2, 0.25) is 0 Å². The van der Waals surface area contributed by atoms with E-state index in [1.807, 2.05) is 13.1 Å². The lowest BCUT2D eigenvalue weighted by molar-refractivity contribution is -0.137. The van der Waals surface area contributed by atoms with Gasteiger partial charge in [-0.1, -0.05) is 0 Å². The van der Waals surface area contributed by atoms with Gasteiger partial charge in [-0.25, -0.2) is 15.0 Å². The van der Waals surface area contributed by atoms with Gasteiger partial charge in [0.25, 0.3) is 0 Å². The number of anilines is 1.